The Balaban J connectivity index is 1.22. The van der Waals surface area contributed by atoms with Gasteiger partial charge in [0.05, 0.1) is 6.10 Å². The molecular weight excluding hydrogens is 402 g/mol. The predicted octanol–water partition coefficient (Wildman–Crippen LogP) is 2.76. The lowest BCUT2D eigenvalue weighted by Crippen LogP contribution is -2.43. The van der Waals surface area contributed by atoms with Gasteiger partial charge in [-0.15, -0.1) is 0 Å². The van der Waals surface area contributed by atoms with Gasteiger partial charge in [-0.3, -0.25) is 14.6 Å². The standard InChI is InChI=1S/C26H35N3O3/c1-28-14-7-6-11-24(28)23-10-4-5-12-25(23)32-19-26(31)27-16-22(30)18-29-15-13-20-8-2-3-9-21(20)17-29/h2-5,8-10,12,22,24,30H,6-7,11,13-19H2,1H3,(H,27,31). The number of para-hydroxylation sites is 1. The number of β-amino-alcohol motifs (C(OH)–C–C–N with tert-alkyl or cyclic N) is 1. The first kappa shape index (κ1) is 22.8. The van der Waals surface area contributed by atoms with Crippen molar-refractivity contribution < 1.29 is 14.6 Å². The monoisotopic (exact) mass is 437 g/mol. The summed E-state index contributed by atoms with van der Waals surface area (Å²) in [5.74, 6) is 0.564. The Bertz CT molecular complexity index is 903. The minimum absolute atomic E-state index is 0.0444. The smallest absolute Gasteiger partial charge is 0.258 e. The van der Waals surface area contributed by atoms with Crippen molar-refractivity contribution in [3.8, 4) is 5.75 Å². The Hall–Kier alpha value is -2.41. The molecule has 0 bridgehead atoms. The minimum Gasteiger partial charge on any atom is -0.483 e. The van der Waals surface area contributed by atoms with E-state index < -0.39 is 6.10 Å². The minimum atomic E-state index is -0.604. The average Bonchev–Trinajstić information content (AvgIpc) is 2.82. The second-order valence-corrected chi connectivity index (χ2v) is 9.03. The Labute approximate surface area is 191 Å². The zero-order chi connectivity index (χ0) is 22.3. The maximum atomic E-state index is 12.4. The van der Waals surface area contributed by atoms with Crippen molar-refractivity contribution >= 4 is 5.91 Å². The topological polar surface area (TPSA) is 65.0 Å². The number of carbonyl (C=O) groups excluding carboxylic acids is 1. The number of piperidine rings is 1. The fourth-order valence-corrected chi connectivity index (χ4v) is 4.85. The van der Waals surface area contributed by atoms with Crippen LogP contribution in [0.25, 0.3) is 0 Å². The van der Waals surface area contributed by atoms with Gasteiger partial charge in [-0.2, -0.15) is 0 Å². The van der Waals surface area contributed by atoms with E-state index in [9.17, 15) is 9.90 Å². The van der Waals surface area contributed by atoms with Gasteiger partial charge in [-0.25, -0.2) is 0 Å². The first-order valence-corrected chi connectivity index (χ1v) is 11.8. The van der Waals surface area contributed by atoms with Crippen LogP contribution in [0, 0.1) is 0 Å². The van der Waals surface area contributed by atoms with Gasteiger partial charge in [0.1, 0.15) is 5.75 Å². The van der Waals surface area contributed by atoms with E-state index in [0.29, 0.717) is 12.6 Å². The summed E-state index contributed by atoms with van der Waals surface area (Å²) < 4.78 is 5.89. The largest absolute Gasteiger partial charge is 0.483 e. The molecule has 1 fully saturated rings. The van der Waals surface area contributed by atoms with Crippen LogP contribution in [0.1, 0.15) is 42.0 Å². The molecule has 32 heavy (non-hydrogen) atoms. The van der Waals surface area contributed by atoms with Crippen molar-refractivity contribution in [3.05, 3.63) is 65.2 Å². The normalized spacial score (nSPS) is 20.4. The number of aliphatic hydroxyl groups excluding tert-OH is 1. The van der Waals surface area contributed by atoms with Crippen LogP contribution in [0.5, 0.6) is 5.75 Å². The van der Waals surface area contributed by atoms with Gasteiger partial charge < -0.3 is 15.2 Å². The highest BCUT2D eigenvalue weighted by atomic mass is 16.5. The Morgan fingerprint density at radius 2 is 1.91 bits per heavy atom. The molecule has 0 aromatic heterocycles. The summed E-state index contributed by atoms with van der Waals surface area (Å²) in [6.45, 7) is 3.59. The number of likely N-dealkylation sites (tertiary alicyclic amines) is 1. The molecule has 1 amide bonds. The van der Waals surface area contributed by atoms with Crippen LogP contribution in [0.4, 0.5) is 0 Å². The van der Waals surface area contributed by atoms with Crippen molar-refractivity contribution in [2.24, 2.45) is 0 Å². The molecule has 2 unspecified atom stereocenters. The van der Waals surface area contributed by atoms with Crippen LogP contribution in [0.2, 0.25) is 0 Å². The van der Waals surface area contributed by atoms with E-state index in [0.717, 1.165) is 43.8 Å². The van der Waals surface area contributed by atoms with Gasteiger partial charge in [0.2, 0.25) is 0 Å². The summed E-state index contributed by atoms with van der Waals surface area (Å²) in [7, 11) is 2.15. The third-order valence-electron chi connectivity index (χ3n) is 6.62. The Morgan fingerprint density at radius 1 is 1.12 bits per heavy atom. The first-order valence-electron chi connectivity index (χ1n) is 11.8. The summed E-state index contributed by atoms with van der Waals surface area (Å²) in [5.41, 5.74) is 3.86. The molecule has 2 aliphatic heterocycles. The molecule has 6 nitrogen and oxygen atoms in total. The lowest BCUT2D eigenvalue weighted by Gasteiger charge is -2.33. The van der Waals surface area contributed by atoms with Crippen LogP contribution < -0.4 is 10.1 Å². The van der Waals surface area contributed by atoms with E-state index in [1.165, 1.54) is 24.0 Å². The molecule has 2 aliphatic rings. The van der Waals surface area contributed by atoms with Crippen LogP contribution in [-0.4, -0.2) is 66.8 Å². The lowest BCUT2D eigenvalue weighted by molar-refractivity contribution is -0.123. The van der Waals surface area contributed by atoms with Gasteiger partial charge in [0, 0.05) is 37.8 Å². The molecule has 0 spiro atoms. The SMILES string of the molecule is CN1CCCCC1c1ccccc1OCC(=O)NCC(O)CN1CCc2ccccc2C1. The van der Waals surface area contributed by atoms with E-state index in [1.54, 1.807) is 0 Å². The second kappa shape index (κ2) is 10.9. The predicted molar refractivity (Wildman–Crippen MR) is 126 cm³/mol. The number of nitrogens with one attached hydrogen (secondary N) is 1. The Morgan fingerprint density at radius 3 is 2.75 bits per heavy atom. The molecule has 4 rings (SSSR count). The number of hydrogen-bond acceptors (Lipinski definition) is 5. The molecule has 2 aromatic rings. The van der Waals surface area contributed by atoms with Crippen molar-refractivity contribution in [1.82, 2.24) is 15.1 Å². The number of nitrogens with zero attached hydrogens (tertiary/aromatic N) is 2. The van der Waals surface area contributed by atoms with Crippen LogP contribution in [0.3, 0.4) is 0 Å². The number of amides is 1. The van der Waals surface area contributed by atoms with Gasteiger partial charge in [-0.05, 0) is 50.0 Å². The van der Waals surface area contributed by atoms with E-state index in [2.05, 4.69) is 52.5 Å². The van der Waals surface area contributed by atoms with Gasteiger partial charge >= 0.3 is 0 Å². The fraction of sp³-hybridized carbons (Fsp3) is 0.500. The molecule has 2 atom stereocenters. The molecule has 172 valence electrons. The van der Waals surface area contributed by atoms with Gasteiger partial charge in [-0.1, -0.05) is 48.9 Å². The summed E-state index contributed by atoms with van der Waals surface area (Å²) >= 11 is 0. The van der Waals surface area contributed by atoms with E-state index >= 15 is 0 Å². The zero-order valence-electron chi connectivity index (χ0n) is 19.0. The molecule has 0 aliphatic carbocycles. The quantitative estimate of drug-likeness (QED) is 0.665. The molecule has 1 saturated heterocycles. The highest BCUT2D eigenvalue weighted by molar-refractivity contribution is 5.77. The van der Waals surface area contributed by atoms with Gasteiger partial charge in [0.15, 0.2) is 6.61 Å². The summed E-state index contributed by atoms with van der Waals surface area (Å²) in [4.78, 5) is 17.0. The van der Waals surface area contributed by atoms with Crippen LogP contribution in [0.15, 0.2) is 48.5 Å². The number of aliphatic hydroxyl groups is 1. The third-order valence-corrected chi connectivity index (χ3v) is 6.62. The molecule has 2 aromatic carbocycles. The van der Waals surface area contributed by atoms with Crippen LogP contribution in [-0.2, 0) is 17.8 Å². The summed E-state index contributed by atoms with van der Waals surface area (Å²) in [6.07, 6.45) is 3.94. The highest BCUT2D eigenvalue weighted by Crippen LogP contribution is 2.35. The van der Waals surface area contributed by atoms with E-state index in [4.69, 9.17) is 4.74 Å². The molecule has 0 radical (unpaired) electrons. The number of rotatable bonds is 8. The fourth-order valence-electron chi connectivity index (χ4n) is 4.85. The molecular formula is C26H35N3O3. The Kier molecular flexibility index (Phi) is 7.79. The molecule has 6 heteroatoms. The molecule has 0 saturated carbocycles. The number of hydrogen-bond donors (Lipinski definition) is 2. The van der Waals surface area contributed by atoms with Crippen molar-refractivity contribution in [2.45, 2.75) is 44.4 Å². The third kappa shape index (κ3) is 5.88. The molecule has 2 heterocycles. The average molecular weight is 438 g/mol. The number of fused-ring (bicyclic) bond motifs is 1. The maximum Gasteiger partial charge on any atom is 0.258 e. The lowest BCUT2D eigenvalue weighted by atomic mass is 9.95. The number of benzene rings is 2. The maximum absolute atomic E-state index is 12.4. The number of ether oxygens (including phenoxy) is 1. The highest BCUT2D eigenvalue weighted by Gasteiger charge is 2.24. The van der Waals surface area contributed by atoms with Crippen molar-refractivity contribution in [3.63, 3.8) is 0 Å². The summed E-state index contributed by atoms with van der Waals surface area (Å²) in [5, 5.41) is 13.2. The van der Waals surface area contributed by atoms with E-state index in [1.807, 2.05) is 18.2 Å². The van der Waals surface area contributed by atoms with Crippen LogP contribution >= 0.6 is 0 Å². The second-order valence-electron chi connectivity index (χ2n) is 9.03. The van der Waals surface area contributed by atoms with Gasteiger partial charge in [0.25, 0.3) is 5.91 Å². The summed E-state index contributed by atoms with van der Waals surface area (Å²) in [6, 6.07) is 16.8. The zero-order valence-corrected chi connectivity index (χ0v) is 19.0. The number of carbonyl (C=O) groups is 1. The van der Waals surface area contributed by atoms with Crippen molar-refractivity contribution in [1.29, 1.82) is 0 Å². The van der Waals surface area contributed by atoms with E-state index in [-0.39, 0.29) is 19.1 Å². The first-order chi connectivity index (χ1) is 15.6. The van der Waals surface area contributed by atoms with Crippen molar-refractivity contribution in [2.75, 3.05) is 39.8 Å². The molecule has 2 N–H and O–H groups in total.